The fourth-order valence-electron chi connectivity index (χ4n) is 3.42. The standard InChI is InChI=1S/C16H29N/c1-16(2,3)13-7-6-10-15(12-11-13)17-14-8-4-5-9-14/h4-5,13-15,17H,6-12H2,1-3H3. The van der Waals surface area contributed by atoms with Gasteiger partial charge in [-0.2, -0.15) is 0 Å². The second kappa shape index (κ2) is 5.56. The highest BCUT2D eigenvalue weighted by molar-refractivity contribution is 4.98. The smallest absolute Gasteiger partial charge is 0.0139 e. The SMILES string of the molecule is CC(C)(C)C1CCCC(NC2CC=CC2)CC1. The Morgan fingerprint density at radius 2 is 1.59 bits per heavy atom. The van der Waals surface area contributed by atoms with E-state index in [9.17, 15) is 0 Å². The number of hydrogen-bond donors (Lipinski definition) is 1. The van der Waals surface area contributed by atoms with Gasteiger partial charge in [-0.1, -0.05) is 39.3 Å². The maximum Gasteiger partial charge on any atom is 0.0139 e. The molecule has 0 aromatic rings. The van der Waals surface area contributed by atoms with Crippen LogP contribution >= 0.6 is 0 Å². The van der Waals surface area contributed by atoms with E-state index >= 15 is 0 Å². The predicted molar refractivity (Wildman–Crippen MR) is 75.1 cm³/mol. The van der Waals surface area contributed by atoms with Crippen LogP contribution in [-0.2, 0) is 0 Å². The lowest BCUT2D eigenvalue weighted by atomic mass is 9.76. The Kier molecular flexibility index (Phi) is 4.30. The Balaban J connectivity index is 1.79. The first-order chi connectivity index (χ1) is 8.05. The van der Waals surface area contributed by atoms with E-state index < -0.39 is 0 Å². The first kappa shape index (κ1) is 13.1. The lowest BCUT2D eigenvalue weighted by Crippen LogP contribution is -2.36. The summed E-state index contributed by atoms with van der Waals surface area (Å²) in [5, 5.41) is 3.87. The lowest BCUT2D eigenvalue weighted by molar-refractivity contribution is 0.213. The molecule has 2 atom stereocenters. The first-order valence-electron chi connectivity index (χ1n) is 7.47. The molecule has 0 saturated heterocycles. The minimum Gasteiger partial charge on any atom is -0.311 e. The molecule has 1 heteroatoms. The minimum atomic E-state index is 0.504. The average Bonchev–Trinajstić information content (AvgIpc) is 2.61. The summed E-state index contributed by atoms with van der Waals surface area (Å²) < 4.78 is 0. The third kappa shape index (κ3) is 3.84. The van der Waals surface area contributed by atoms with Crippen LogP contribution in [-0.4, -0.2) is 12.1 Å². The molecule has 2 aliphatic rings. The highest BCUT2D eigenvalue weighted by Crippen LogP contribution is 2.36. The molecule has 17 heavy (non-hydrogen) atoms. The van der Waals surface area contributed by atoms with Crippen LogP contribution in [0.4, 0.5) is 0 Å². The van der Waals surface area contributed by atoms with Crippen molar-refractivity contribution < 1.29 is 0 Å². The van der Waals surface area contributed by atoms with Crippen molar-refractivity contribution in [1.82, 2.24) is 5.32 Å². The van der Waals surface area contributed by atoms with Crippen LogP contribution in [0.3, 0.4) is 0 Å². The monoisotopic (exact) mass is 235 g/mol. The second-order valence-electron chi connectivity index (χ2n) is 7.07. The molecule has 2 aliphatic carbocycles. The molecule has 0 aliphatic heterocycles. The van der Waals surface area contributed by atoms with E-state index in [0.29, 0.717) is 5.41 Å². The van der Waals surface area contributed by atoms with Gasteiger partial charge in [-0.05, 0) is 49.9 Å². The normalized spacial score (nSPS) is 31.7. The molecule has 1 fully saturated rings. The van der Waals surface area contributed by atoms with Gasteiger partial charge in [0.05, 0.1) is 0 Å². The molecule has 0 amide bonds. The summed E-state index contributed by atoms with van der Waals surface area (Å²) in [5.74, 6) is 0.927. The summed E-state index contributed by atoms with van der Waals surface area (Å²) in [6.45, 7) is 7.23. The van der Waals surface area contributed by atoms with Crippen LogP contribution in [0.15, 0.2) is 12.2 Å². The Hall–Kier alpha value is -0.300. The summed E-state index contributed by atoms with van der Waals surface area (Å²) in [6, 6.07) is 1.53. The summed E-state index contributed by atoms with van der Waals surface area (Å²) in [7, 11) is 0. The zero-order valence-electron chi connectivity index (χ0n) is 11.8. The minimum absolute atomic E-state index is 0.504. The summed E-state index contributed by atoms with van der Waals surface area (Å²) >= 11 is 0. The van der Waals surface area contributed by atoms with Gasteiger partial charge in [0.1, 0.15) is 0 Å². The Bertz CT molecular complexity index is 253. The lowest BCUT2D eigenvalue weighted by Gasteiger charge is -2.30. The van der Waals surface area contributed by atoms with Crippen LogP contribution in [0, 0.1) is 11.3 Å². The van der Waals surface area contributed by atoms with Gasteiger partial charge in [-0.25, -0.2) is 0 Å². The van der Waals surface area contributed by atoms with Crippen molar-refractivity contribution in [3.63, 3.8) is 0 Å². The molecule has 0 bridgehead atoms. The predicted octanol–water partition coefficient (Wildman–Crippen LogP) is 4.29. The van der Waals surface area contributed by atoms with Crippen LogP contribution in [0.2, 0.25) is 0 Å². The van der Waals surface area contributed by atoms with E-state index in [0.717, 1.165) is 18.0 Å². The largest absolute Gasteiger partial charge is 0.311 e. The number of rotatable bonds is 2. The van der Waals surface area contributed by atoms with Gasteiger partial charge in [0.15, 0.2) is 0 Å². The number of hydrogen-bond acceptors (Lipinski definition) is 1. The van der Waals surface area contributed by atoms with Gasteiger partial charge in [0.25, 0.3) is 0 Å². The van der Waals surface area contributed by atoms with Crippen molar-refractivity contribution in [2.75, 3.05) is 0 Å². The first-order valence-corrected chi connectivity index (χ1v) is 7.47. The maximum absolute atomic E-state index is 3.87. The zero-order chi connectivity index (χ0) is 12.3. The highest BCUT2D eigenvalue weighted by atomic mass is 14.9. The van der Waals surface area contributed by atoms with Crippen molar-refractivity contribution in [2.24, 2.45) is 11.3 Å². The van der Waals surface area contributed by atoms with Gasteiger partial charge in [-0.15, -0.1) is 0 Å². The average molecular weight is 235 g/mol. The third-order valence-corrected chi connectivity index (χ3v) is 4.67. The maximum atomic E-state index is 3.87. The molecule has 1 nitrogen and oxygen atoms in total. The molecule has 1 saturated carbocycles. The van der Waals surface area contributed by atoms with Gasteiger partial charge in [0.2, 0.25) is 0 Å². The van der Waals surface area contributed by atoms with E-state index in [4.69, 9.17) is 0 Å². The van der Waals surface area contributed by atoms with Crippen molar-refractivity contribution in [3.05, 3.63) is 12.2 Å². The van der Waals surface area contributed by atoms with Crippen molar-refractivity contribution >= 4 is 0 Å². The van der Waals surface area contributed by atoms with Crippen LogP contribution in [0.1, 0.15) is 65.7 Å². The molecule has 2 rings (SSSR count). The van der Waals surface area contributed by atoms with Gasteiger partial charge in [0, 0.05) is 12.1 Å². The van der Waals surface area contributed by atoms with E-state index in [1.165, 1.54) is 44.9 Å². The fourth-order valence-corrected chi connectivity index (χ4v) is 3.42. The van der Waals surface area contributed by atoms with E-state index in [2.05, 4.69) is 38.2 Å². The molecule has 98 valence electrons. The molecule has 2 unspecified atom stereocenters. The molecule has 0 radical (unpaired) electrons. The fraction of sp³-hybridized carbons (Fsp3) is 0.875. The van der Waals surface area contributed by atoms with E-state index in [1.54, 1.807) is 0 Å². The van der Waals surface area contributed by atoms with E-state index in [-0.39, 0.29) is 0 Å². The second-order valence-corrected chi connectivity index (χ2v) is 7.07. The topological polar surface area (TPSA) is 12.0 Å². The zero-order valence-corrected chi connectivity index (χ0v) is 11.8. The number of nitrogens with one attached hydrogen (secondary N) is 1. The molecule has 0 aromatic carbocycles. The molecule has 0 spiro atoms. The quantitative estimate of drug-likeness (QED) is 0.556. The Labute approximate surface area is 107 Å². The van der Waals surface area contributed by atoms with Crippen molar-refractivity contribution in [2.45, 2.75) is 77.8 Å². The highest BCUT2D eigenvalue weighted by Gasteiger charge is 2.28. The van der Waals surface area contributed by atoms with Gasteiger partial charge >= 0.3 is 0 Å². The van der Waals surface area contributed by atoms with Crippen LogP contribution in [0.5, 0.6) is 0 Å². The third-order valence-electron chi connectivity index (χ3n) is 4.67. The molecule has 0 aromatic heterocycles. The van der Waals surface area contributed by atoms with Crippen molar-refractivity contribution in [1.29, 1.82) is 0 Å². The van der Waals surface area contributed by atoms with Crippen molar-refractivity contribution in [3.8, 4) is 0 Å². The van der Waals surface area contributed by atoms with Gasteiger partial charge in [-0.3, -0.25) is 0 Å². The molecule has 0 heterocycles. The van der Waals surface area contributed by atoms with Gasteiger partial charge < -0.3 is 5.32 Å². The van der Waals surface area contributed by atoms with Crippen LogP contribution in [0.25, 0.3) is 0 Å². The van der Waals surface area contributed by atoms with E-state index in [1.807, 2.05) is 0 Å². The summed E-state index contributed by atoms with van der Waals surface area (Å²) in [6.07, 6.45) is 14.2. The molecular formula is C16H29N. The Morgan fingerprint density at radius 1 is 0.882 bits per heavy atom. The molecular weight excluding hydrogens is 206 g/mol. The summed E-state index contributed by atoms with van der Waals surface area (Å²) in [4.78, 5) is 0. The summed E-state index contributed by atoms with van der Waals surface area (Å²) in [5.41, 5.74) is 0.504. The molecule has 1 N–H and O–H groups in total. The van der Waals surface area contributed by atoms with Crippen LogP contribution < -0.4 is 5.32 Å². The Morgan fingerprint density at radius 3 is 2.24 bits per heavy atom.